The summed E-state index contributed by atoms with van der Waals surface area (Å²) in [4.78, 5) is 0. The zero-order valence-electron chi connectivity index (χ0n) is 28.1. The Bertz CT molecular complexity index is 2830. The summed E-state index contributed by atoms with van der Waals surface area (Å²) in [5.41, 5.74) is 9.42. The third kappa shape index (κ3) is 4.31. The van der Waals surface area contributed by atoms with E-state index in [4.69, 9.17) is 0 Å². The molecule has 1 heterocycles. The maximum atomic E-state index is 2.38. The number of rotatable bonds is 4. The van der Waals surface area contributed by atoms with E-state index in [1.165, 1.54) is 101 Å². The predicted octanol–water partition coefficient (Wildman–Crippen LogP) is 13.8. The topological polar surface area (TPSA) is 0 Å². The van der Waals surface area contributed by atoms with Crippen molar-refractivity contribution >= 4 is 76.9 Å². The van der Waals surface area contributed by atoms with Crippen LogP contribution < -0.4 is 0 Å². The van der Waals surface area contributed by atoms with Crippen molar-refractivity contribution in [3.8, 4) is 33.4 Å². The number of hydrogen-bond acceptors (Lipinski definition) is 0. The second kappa shape index (κ2) is 11.6. The van der Waals surface area contributed by atoms with Crippen LogP contribution in [-0.2, 0) is 0 Å². The van der Waals surface area contributed by atoms with Gasteiger partial charge in [0.15, 0.2) is 0 Å². The van der Waals surface area contributed by atoms with E-state index in [0.717, 1.165) is 0 Å². The van der Waals surface area contributed by atoms with Crippen LogP contribution in [0.25, 0.3) is 95.8 Å². The van der Waals surface area contributed by atoms with E-state index in [-0.39, 0.29) is 14.5 Å². The van der Waals surface area contributed by atoms with Crippen LogP contribution in [0.5, 0.6) is 0 Å². The van der Waals surface area contributed by atoms with Gasteiger partial charge in [0.2, 0.25) is 0 Å². The molecule has 0 atom stereocenters. The van der Waals surface area contributed by atoms with E-state index in [1.807, 2.05) is 0 Å². The van der Waals surface area contributed by atoms with Crippen molar-refractivity contribution in [1.29, 1.82) is 0 Å². The van der Waals surface area contributed by atoms with Gasteiger partial charge < -0.3 is 0 Å². The molecule has 236 valence electrons. The van der Waals surface area contributed by atoms with Crippen molar-refractivity contribution in [3.63, 3.8) is 0 Å². The summed E-state index contributed by atoms with van der Waals surface area (Å²) in [6, 6.07) is 61.2. The molecule has 0 N–H and O–H groups in total. The van der Waals surface area contributed by atoms with E-state index in [2.05, 4.69) is 178 Å². The maximum absolute atomic E-state index is 2.38. The molecule has 0 aliphatic rings. The summed E-state index contributed by atoms with van der Waals surface area (Å²) < 4.78 is 2.95. The van der Waals surface area contributed by atoms with Gasteiger partial charge in [-0.1, -0.05) is 0 Å². The predicted molar refractivity (Wildman–Crippen MR) is 219 cm³/mol. The van der Waals surface area contributed by atoms with E-state index >= 15 is 0 Å². The van der Waals surface area contributed by atoms with E-state index in [0.29, 0.717) is 5.92 Å². The van der Waals surface area contributed by atoms with Crippen molar-refractivity contribution in [1.82, 2.24) is 0 Å². The second-order valence-electron chi connectivity index (χ2n) is 13.7. The van der Waals surface area contributed by atoms with Crippen LogP contribution in [0.2, 0.25) is 0 Å². The number of hydrogen-bond donors (Lipinski definition) is 0. The Kier molecular flexibility index (Phi) is 6.81. The van der Waals surface area contributed by atoms with Crippen molar-refractivity contribution < 1.29 is 0 Å². The zero-order chi connectivity index (χ0) is 33.3. The molecular weight excluding hydrogens is 667 g/mol. The summed E-state index contributed by atoms with van der Waals surface area (Å²) in [5.74, 6) is 0.425. The van der Waals surface area contributed by atoms with Crippen molar-refractivity contribution in [3.05, 3.63) is 169 Å². The third-order valence-corrected chi connectivity index (χ3v) is 13.1. The molecule has 0 unspecified atom stereocenters. The average molecular weight is 702 g/mol. The van der Waals surface area contributed by atoms with Gasteiger partial charge in [-0.2, -0.15) is 0 Å². The molecule has 0 amide bonds. The zero-order valence-corrected chi connectivity index (χ0v) is 29.8. The van der Waals surface area contributed by atoms with Crippen molar-refractivity contribution in [2.45, 2.75) is 19.8 Å². The fourth-order valence-corrected chi connectivity index (χ4v) is 11.3. The first-order valence-electron chi connectivity index (χ1n) is 17.6. The van der Waals surface area contributed by atoms with Gasteiger partial charge in [0.1, 0.15) is 0 Å². The van der Waals surface area contributed by atoms with Crippen LogP contribution in [0.3, 0.4) is 0 Å². The molecule has 0 bridgehead atoms. The van der Waals surface area contributed by atoms with Gasteiger partial charge in [-0.15, -0.1) is 0 Å². The minimum atomic E-state index is 0.159. The third-order valence-electron chi connectivity index (χ3n) is 10.6. The van der Waals surface area contributed by atoms with E-state index in [9.17, 15) is 0 Å². The second-order valence-corrected chi connectivity index (χ2v) is 15.9. The summed E-state index contributed by atoms with van der Waals surface area (Å²) in [7, 11) is 0. The molecule has 0 saturated carbocycles. The van der Waals surface area contributed by atoms with Gasteiger partial charge in [0.05, 0.1) is 0 Å². The Labute approximate surface area is 298 Å². The van der Waals surface area contributed by atoms with Gasteiger partial charge in [0, 0.05) is 0 Å². The normalized spacial score (nSPS) is 12.0. The molecule has 0 aliphatic carbocycles. The Hall–Kier alpha value is -5.46. The molecule has 0 fully saturated rings. The monoisotopic (exact) mass is 702 g/mol. The Morgan fingerprint density at radius 1 is 0.360 bits per heavy atom. The first-order chi connectivity index (χ1) is 24.7. The molecule has 0 spiro atoms. The Morgan fingerprint density at radius 2 is 0.780 bits per heavy atom. The SMILES string of the molecule is CC(C)c1c2ccccc2c(-c2cccc3c2[se]c2cccc(-c4c5ccccc5c(-c5ccccc5)c5ccccc45)c23)c2ccccc12. The van der Waals surface area contributed by atoms with Gasteiger partial charge in [-0.3, -0.25) is 0 Å². The van der Waals surface area contributed by atoms with Crippen molar-refractivity contribution in [2.24, 2.45) is 0 Å². The van der Waals surface area contributed by atoms with Gasteiger partial charge in [-0.25, -0.2) is 0 Å². The molecular formula is C49H34Se. The molecule has 10 rings (SSSR count). The van der Waals surface area contributed by atoms with Crippen LogP contribution in [0, 0.1) is 0 Å². The summed E-state index contributed by atoms with van der Waals surface area (Å²) in [5, 5.41) is 13.4. The van der Waals surface area contributed by atoms with Gasteiger partial charge >= 0.3 is 299 Å². The van der Waals surface area contributed by atoms with Crippen LogP contribution >= 0.6 is 0 Å². The van der Waals surface area contributed by atoms with E-state index < -0.39 is 0 Å². The molecule has 0 radical (unpaired) electrons. The summed E-state index contributed by atoms with van der Waals surface area (Å²) >= 11 is 0.159. The average Bonchev–Trinajstić information content (AvgIpc) is 3.56. The molecule has 10 aromatic rings. The molecule has 9 aromatic carbocycles. The van der Waals surface area contributed by atoms with Crippen LogP contribution in [0.1, 0.15) is 25.3 Å². The molecule has 50 heavy (non-hydrogen) atoms. The summed E-state index contributed by atoms with van der Waals surface area (Å²) in [6.45, 7) is 4.66. The molecule has 1 aromatic heterocycles. The fraction of sp³-hybridized carbons (Fsp3) is 0.0612. The molecule has 0 aliphatic heterocycles. The van der Waals surface area contributed by atoms with Crippen LogP contribution in [0.4, 0.5) is 0 Å². The van der Waals surface area contributed by atoms with Crippen molar-refractivity contribution in [2.75, 3.05) is 0 Å². The van der Waals surface area contributed by atoms with Gasteiger partial charge in [-0.05, 0) is 0 Å². The van der Waals surface area contributed by atoms with Gasteiger partial charge in [0.25, 0.3) is 0 Å². The Morgan fingerprint density at radius 3 is 1.34 bits per heavy atom. The fourth-order valence-electron chi connectivity index (χ4n) is 8.66. The number of benzene rings is 9. The standard InChI is InChI=1S/C49H34Se/c1-30(2)44-32-18-6-10-22-36(32)47(37-23-11-7-19-33(37)44)41-27-14-28-42-48-40(26-15-29-43(48)50-49(41)42)46-38-24-12-8-20-34(38)45(31-16-4-3-5-17-31)35-21-9-13-25-39(35)46/h3-30H,1-2H3. The first-order valence-corrected chi connectivity index (χ1v) is 19.3. The van der Waals surface area contributed by atoms with Crippen LogP contribution in [0.15, 0.2) is 164 Å². The molecule has 0 saturated heterocycles. The van der Waals surface area contributed by atoms with E-state index in [1.54, 1.807) is 0 Å². The molecule has 1 heteroatoms. The summed E-state index contributed by atoms with van der Waals surface area (Å²) in [6.07, 6.45) is 0. The number of fused-ring (bicyclic) bond motifs is 7. The Balaban J connectivity index is 1.33. The quantitative estimate of drug-likeness (QED) is 0.127. The minimum absolute atomic E-state index is 0.159. The first kappa shape index (κ1) is 29.5. The van der Waals surface area contributed by atoms with Crippen LogP contribution in [-0.4, -0.2) is 14.5 Å². The molecule has 0 nitrogen and oxygen atoms in total.